The highest BCUT2D eigenvalue weighted by Gasteiger charge is 2.17. The summed E-state index contributed by atoms with van der Waals surface area (Å²) >= 11 is 5.77. The Morgan fingerprint density at radius 2 is 2.42 bits per heavy atom. The zero-order valence-electron chi connectivity index (χ0n) is 10.6. The number of rotatable bonds is 3. The lowest BCUT2D eigenvalue weighted by atomic mass is 10.0. The molecule has 0 bridgehead atoms. The summed E-state index contributed by atoms with van der Waals surface area (Å²) in [6.07, 6.45) is 3.46. The number of amides is 1. The third kappa shape index (κ3) is 2.98. The molecule has 0 saturated heterocycles. The molecule has 0 radical (unpaired) electrons. The first-order valence-corrected chi connectivity index (χ1v) is 6.45. The Balaban J connectivity index is 2.21. The number of halogens is 1. The first kappa shape index (κ1) is 13.7. The van der Waals surface area contributed by atoms with Crippen LogP contribution in [0.15, 0.2) is 18.3 Å². The van der Waals surface area contributed by atoms with Gasteiger partial charge in [-0.2, -0.15) is 0 Å². The van der Waals surface area contributed by atoms with E-state index in [9.17, 15) is 4.79 Å². The largest absolute Gasteiger partial charge is 0.495 e. The Labute approximate surface area is 116 Å². The van der Waals surface area contributed by atoms with Gasteiger partial charge in [0.15, 0.2) is 0 Å². The highest BCUT2D eigenvalue weighted by atomic mass is 35.5. The molecular weight excluding hydrogens is 268 g/mol. The van der Waals surface area contributed by atoms with Crippen molar-refractivity contribution >= 4 is 23.3 Å². The van der Waals surface area contributed by atoms with Gasteiger partial charge in [-0.25, -0.2) is 4.79 Å². The van der Waals surface area contributed by atoms with E-state index in [4.69, 9.17) is 21.4 Å². The zero-order chi connectivity index (χ0) is 13.8. The van der Waals surface area contributed by atoms with Crippen LogP contribution in [0.25, 0.3) is 5.57 Å². The number of alkyl halides is 1. The van der Waals surface area contributed by atoms with E-state index < -0.39 is 6.09 Å². The van der Waals surface area contributed by atoms with Gasteiger partial charge in [-0.15, -0.1) is 11.6 Å². The fourth-order valence-electron chi connectivity index (χ4n) is 2.03. The zero-order valence-corrected chi connectivity index (χ0v) is 11.4. The first-order valence-electron chi connectivity index (χ1n) is 5.92. The maximum Gasteiger partial charge on any atom is 0.407 e. The maximum absolute atomic E-state index is 10.8. The van der Waals surface area contributed by atoms with Crippen LogP contribution in [0.3, 0.4) is 0 Å². The van der Waals surface area contributed by atoms with Crippen molar-refractivity contribution in [3.05, 3.63) is 29.6 Å². The molecule has 1 N–H and O–H groups in total. The van der Waals surface area contributed by atoms with E-state index in [0.29, 0.717) is 36.8 Å². The van der Waals surface area contributed by atoms with E-state index in [1.54, 1.807) is 13.3 Å². The lowest BCUT2D eigenvalue weighted by Crippen LogP contribution is -2.33. The lowest BCUT2D eigenvalue weighted by Gasteiger charge is -2.24. The van der Waals surface area contributed by atoms with Crippen LogP contribution in [-0.4, -0.2) is 41.3 Å². The van der Waals surface area contributed by atoms with Gasteiger partial charge >= 0.3 is 6.09 Å². The van der Waals surface area contributed by atoms with Crippen LogP contribution < -0.4 is 4.74 Å². The van der Waals surface area contributed by atoms with Gasteiger partial charge in [0.2, 0.25) is 0 Å². The molecular formula is C13H15ClN2O3. The second kappa shape index (κ2) is 5.93. The van der Waals surface area contributed by atoms with Crippen molar-refractivity contribution in [2.75, 3.05) is 20.2 Å². The van der Waals surface area contributed by atoms with Crippen molar-refractivity contribution < 1.29 is 14.6 Å². The summed E-state index contributed by atoms with van der Waals surface area (Å²) < 4.78 is 5.25. The summed E-state index contributed by atoms with van der Waals surface area (Å²) in [6, 6.07) is 1.90. The molecule has 0 unspecified atom stereocenters. The molecule has 1 aliphatic rings. The van der Waals surface area contributed by atoms with Gasteiger partial charge in [0, 0.05) is 19.3 Å². The molecule has 2 rings (SSSR count). The molecule has 2 heterocycles. The number of hydrogen-bond acceptors (Lipinski definition) is 3. The van der Waals surface area contributed by atoms with Gasteiger partial charge in [0.05, 0.1) is 18.7 Å². The molecule has 1 aromatic heterocycles. The Bertz CT molecular complexity index is 517. The number of methoxy groups -OCH3 is 1. The molecule has 0 spiro atoms. The quantitative estimate of drug-likeness (QED) is 0.866. The molecule has 5 nitrogen and oxygen atoms in total. The van der Waals surface area contributed by atoms with Crippen LogP contribution >= 0.6 is 11.6 Å². The van der Waals surface area contributed by atoms with Crippen LogP contribution in [0.2, 0.25) is 0 Å². The van der Waals surface area contributed by atoms with E-state index in [-0.39, 0.29) is 0 Å². The molecule has 6 heteroatoms. The van der Waals surface area contributed by atoms with Crippen molar-refractivity contribution in [3.63, 3.8) is 0 Å². The second-order valence-electron chi connectivity index (χ2n) is 4.21. The van der Waals surface area contributed by atoms with E-state index >= 15 is 0 Å². The van der Waals surface area contributed by atoms with E-state index in [1.807, 2.05) is 12.1 Å². The fraction of sp³-hybridized carbons (Fsp3) is 0.385. The smallest absolute Gasteiger partial charge is 0.407 e. The van der Waals surface area contributed by atoms with Gasteiger partial charge in [-0.05, 0) is 23.6 Å². The van der Waals surface area contributed by atoms with Crippen LogP contribution in [0.4, 0.5) is 4.79 Å². The number of aromatic nitrogens is 1. The molecule has 1 amide bonds. The van der Waals surface area contributed by atoms with E-state index in [0.717, 1.165) is 11.1 Å². The first-order chi connectivity index (χ1) is 9.15. The number of carbonyl (C=O) groups is 1. The van der Waals surface area contributed by atoms with Crippen molar-refractivity contribution in [1.29, 1.82) is 0 Å². The molecule has 0 fully saturated rings. The minimum Gasteiger partial charge on any atom is -0.495 e. The average Bonchev–Trinajstić information content (AvgIpc) is 2.46. The van der Waals surface area contributed by atoms with E-state index in [2.05, 4.69) is 4.98 Å². The Hall–Kier alpha value is -1.75. The lowest BCUT2D eigenvalue weighted by molar-refractivity contribution is 0.150. The number of pyridine rings is 1. The van der Waals surface area contributed by atoms with Crippen molar-refractivity contribution in [3.8, 4) is 5.75 Å². The third-order valence-corrected chi connectivity index (χ3v) is 3.38. The number of ether oxygens (including phenoxy) is 1. The molecule has 102 valence electrons. The summed E-state index contributed by atoms with van der Waals surface area (Å²) in [5.41, 5.74) is 2.75. The third-order valence-electron chi connectivity index (χ3n) is 3.13. The summed E-state index contributed by atoms with van der Waals surface area (Å²) in [5, 5.41) is 8.90. The molecule has 1 aliphatic heterocycles. The van der Waals surface area contributed by atoms with Gasteiger partial charge < -0.3 is 14.7 Å². The predicted molar refractivity (Wildman–Crippen MR) is 72.5 cm³/mol. The van der Waals surface area contributed by atoms with Crippen molar-refractivity contribution in [1.82, 2.24) is 9.88 Å². The summed E-state index contributed by atoms with van der Waals surface area (Å²) in [6.45, 7) is 0.908. The molecule has 0 saturated carbocycles. The SMILES string of the molecule is COc1cc(C2=CCN(C(=O)O)CC2)cnc1CCl. The van der Waals surface area contributed by atoms with Gasteiger partial charge in [0.1, 0.15) is 5.75 Å². The number of hydrogen-bond donors (Lipinski definition) is 1. The molecule has 0 aromatic carbocycles. The Morgan fingerprint density at radius 3 is 2.95 bits per heavy atom. The fourth-order valence-corrected chi connectivity index (χ4v) is 2.23. The van der Waals surface area contributed by atoms with E-state index in [1.165, 1.54) is 4.90 Å². The normalized spacial score (nSPS) is 15.1. The van der Waals surface area contributed by atoms with Crippen LogP contribution in [0.1, 0.15) is 17.7 Å². The van der Waals surface area contributed by atoms with Gasteiger partial charge in [0.25, 0.3) is 0 Å². The predicted octanol–water partition coefficient (Wildman–Crippen LogP) is 2.60. The highest BCUT2D eigenvalue weighted by molar-refractivity contribution is 6.17. The maximum atomic E-state index is 10.8. The van der Waals surface area contributed by atoms with Gasteiger partial charge in [-0.1, -0.05) is 6.08 Å². The van der Waals surface area contributed by atoms with Crippen LogP contribution in [-0.2, 0) is 5.88 Å². The van der Waals surface area contributed by atoms with Crippen LogP contribution in [0, 0.1) is 0 Å². The van der Waals surface area contributed by atoms with Crippen LogP contribution in [0.5, 0.6) is 5.75 Å². The molecule has 0 atom stereocenters. The van der Waals surface area contributed by atoms with Gasteiger partial charge in [-0.3, -0.25) is 4.98 Å². The second-order valence-corrected chi connectivity index (χ2v) is 4.48. The van der Waals surface area contributed by atoms with Crippen molar-refractivity contribution in [2.24, 2.45) is 0 Å². The number of carboxylic acid groups (broad SMARTS) is 1. The summed E-state index contributed by atoms with van der Waals surface area (Å²) in [7, 11) is 1.58. The molecule has 1 aromatic rings. The minimum absolute atomic E-state index is 0.301. The number of nitrogens with zero attached hydrogens (tertiary/aromatic N) is 2. The Kier molecular flexibility index (Phi) is 4.27. The topological polar surface area (TPSA) is 62.7 Å². The highest BCUT2D eigenvalue weighted by Crippen LogP contribution is 2.27. The average molecular weight is 283 g/mol. The molecule has 19 heavy (non-hydrogen) atoms. The van der Waals surface area contributed by atoms with Crippen molar-refractivity contribution in [2.45, 2.75) is 12.3 Å². The molecule has 0 aliphatic carbocycles. The minimum atomic E-state index is -0.886. The Morgan fingerprint density at radius 1 is 1.63 bits per heavy atom. The standard InChI is InChI=1S/C13H15ClN2O3/c1-19-12-6-10(8-15-11(12)7-14)9-2-4-16(5-3-9)13(17)18/h2,6,8H,3-5,7H2,1H3,(H,17,18). The summed E-state index contributed by atoms with van der Waals surface area (Å²) in [5.74, 6) is 0.962. The monoisotopic (exact) mass is 282 g/mol. The summed E-state index contributed by atoms with van der Waals surface area (Å²) in [4.78, 5) is 16.5.